The van der Waals surface area contributed by atoms with E-state index in [1.54, 1.807) is 0 Å². The second kappa shape index (κ2) is 6.86. The van der Waals surface area contributed by atoms with Crippen LogP contribution in [0.4, 0.5) is 5.69 Å². The average molecular weight is 322 g/mol. The summed E-state index contributed by atoms with van der Waals surface area (Å²) >= 11 is 0. The Morgan fingerprint density at radius 1 is 1.00 bits per heavy atom. The Kier molecular flexibility index (Phi) is 4.44. The van der Waals surface area contributed by atoms with Gasteiger partial charge in [-0.25, -0.2) is 0 Å². The van der Waals surface area contributed by atoms with Crippen molar-refractivity contribution in [1.82, 2.24) is 5.32 Å². The normalized spacial score (nSPS) is 22.2. The summed E-state index contributed by atoms with van der Waals surface area (Å²) in [4.78, 5) is 0. The molecule has 1 fully saturated rings. The van der Waals surface area contributed by atoms with Gasteiger partial charge in [0.25, 0.3) is 0 Å². The second-order valence-electron chi connectivity index (χ2n) is 6.80. The standard InChI is InChI=1S/C21H26N2O/c1-2-14-24-20-9-4-3-6-15(20)16-7-5-8-19-21(16)17-10-12-22-13-11-18(17)23-19/h3-9,17-18,22-23H,2,10-14H2,1H3/t17-,18+/m1/s1. The van der Waals surface area contributed by atoms with Crippen LogP contribution in [0.25, 0.3) is 11.1 Å². The minimum atomic E-state index is 0.555. The number of hydrogen-bond donors (Lipinski definition) is 2. The maximum atomic E-state index is 6.03. The number of anilines is 1. The molecule has 0 bridgehead atoms. The molecule has 2 aliphatic heterocycles. The fourth-order valence-corrected chi connectivity index (χ4v) is 4.11. The van der Waals surface area contributed by atoms with E-state index in [9.17, 15) is 0 Å². The minimum absolute atomic E-state index is 0.555. The lowest BCUT2D eigenvalue weighted by molar-refractivity contribution is 0.318. The third-order valence-corrected chi connectivity index (χ3v) is 5.21. The first-order valence-corrected chi connectivity index (χ1v) is 9.21. The molecule has 3 heteroatoms. The van der Waals surface area contributed by atoms with Gasteiger partial charge in [0.1, 0.15) is 5.75 Å². The van der Waals surface area contributed by atoms with Gasteiger partial charge >= 0.3 is 0 Å². The molecule has 0 radical (unpaired) electrons. The summed E-state index contributed by atoms with van der Waals surface area (Å²) < 4.78 is 6.03. The van der Waals surface area contributed by atoms with Crippen LogP contribution in [0.1, 0.15) is 37.7 Å². The second-order valence-corrected chi connectivity index (χ2v) is 6.80. The van der Waals surface area contributed by atoms with E-state index in [1.807, 2.05) is 0 Å². The van der Waals surface area contributed by atoms with Gasteiger partial charge in [-0.05, 0) is 55.6 Å². The molecule has 0 aliphatic carbocycles. The summed E-state index contributed by atoms with van der Waals surface area (Å²) in [6.07, 6.45) is 3.41. The quantitative estimate of drug-likeness (QED) is 0.875. The van der Waals surface area contributed by atoms with Crippen LogP contribution in [0.2, 0.25) is 0 Å². The average Bonchev–Trinajstić information content (AvgIpc) is 2.82. The third-order valence-electron chi connectivity index (χ3n) is 5.21. The summed E-state index contributed by atoms with van der Waals surface area (Å²) in [5.74, 6) is 1.59. The summed E-state index contributed by atoms with van der Waals surface area (Å²) in [6.45, 7) is 5.12. The molecule has 126 valence electrons. The van der Waals surface area contributed by atoms with E-state index in [0.717, 1.165) is 31.9 Å². The molecule has 0 saturated carbocycles. The molecule has 0 spiro atoms. The Morgan fingerprint density at radius 2 is 1.83 bits per heavy atom. The van der Waals surface area contributed by atoms with E-state index in [1.165, 1.54) is 35.2 Å². The fourth-order valence-electron chi connectivity index (χ4n) is 4.11. The lowest BCUT2D eigenvalue weighted by Crippen LogP contribution is -2.21. The van der Waals surface area contributed by atoms with Gasteiger partial charge in [0.15, 0.2) is 0 Å². The number of ether oxygens (including phenoxy) is 1. The number of rotatable bonds is 4. The number of benzene rings is 2. The molecule has 4 rings (SSSR count). The lowest BCUT2D eigenvalue weighted by atomic mass is 9.85. The first-order valence-electron chi connectivity index (χ1n) is 9.21. The summed E-state index contributed by atoms with van der Waals surface area (Å²) in [6, 6.07) is 15.7. The monoisotopic (exact) mass is 322 g/mol. The van der Waals surface area contributed by atoms with Crippen LogP contribution in [0.15, 0.2) is 42.5 Å². The number of fused-ring (bicyclic) bond motifs is 3. The van der Waals surface area contributed by atoms with Gasteiger partial charge in [-0.1, -0.05) is 37.3 Å². The van der Waals surface area contributed by atoms with Crippen LogP contribution >= 0.6 is 0 Å². The number of hydrogen-bond acceptors (Lipinski definition) is 3. The Morgan fingerprint density at radius 3 is 2.75 bits per heavy atom. The van der Waals surface area contributed by atoms with Gasteiger partial charge in [0.2, 0.25) is 0 Å². The first-order chi connectivity index (χ1) is 11.9. The fraction of sp³-hybridized carbons (Fsp3) is 0.429. The summed E-state index contributed by atoms with van der Waals surface area (Å²) in [7, 11) is 0. The van der Waals surface area contributed by atoms with E-state index in [4.69, 9.17) is 4.74 Å². The highest BCUT2D eigenvalue weighted by Crippen LogP contribution is 2.46. The molecule has 0 unspecified atom stereocenters. The molecule has 2 atom stereocenters. The molecule has 2 aromatic carbocycles. The van der Waals surface area contributed by atoms with E-state index in [-0.39, 0.29) is 0 Å². The zero-order chi connectivity index (χ0) is 16.4. The SMILES string of the molecule is CCCOc1ccccc1-c1cccc2c1[C@@H]1CCNCC[C@@H]1N2. The van der Waals surface area contributed by atoms with Crippen LogP contribution in [0.5, 0.6) is 5.75 Å². The maximum absolute atomic E-state index is 6.03. The van der Waals surface area contributed by atoms with Crippen molar-refractivity contribution in [1.29, 1.82) is 0 Å². The molecule has 0 amide bonds. The molecule has 2 aromatic rings. The molecular weight excluding hydrogens is 296 g/mol. The van der Waals surface area contributed by atoms with Gasteiger partial charge in [-0.15, -0.1) is 0 Å². The van der Waals surface area contributed by atoms with Crippen LogP contribution in [0.3, 0.4) is 0 Å². The largest absolute Gasteiger partial charge is 0.493 e. The van der Waals surface area contributed by atoms with Gasteiger partial charge < -0.3 is 15.4 Å². The number of nitrogens with one attached hydrogen (secondary N) is 2. The van der Waals surface area contributed by atoms with Crippen molar-refractivity contribution >= 4 is 5.69 Å². The molecule has 2 heterocycles. The highest BCUT2D eigenvalue weighted by Gasteiger charge is 2.35. The first kappa shape index (κ1) is 15.5. The molecule has 0 aromatic heterocycles. The maximum Gasteiger partial charge on any atom is 0.127 e. The van der Waals surface area contributed by atoms with Crippen molar-refractivity contribution < 1.29 is 4.74 Å². The Hall–Kier alpha value is -2.00. The van der Waals surface area contributed by atoms with Crippen molar-refractivity contribution in [2.24, 2.45) is 0 Å². The van der Waals surface area contributed by atoms with E-state index in [2.05, 4.69) is 60.0 Å². The molecule has 1 saturated heterocycles. The van der Waals surface area contributed by atoms with Crippen LogP contribution < -0.4 is 15.4 Å². The Labute approximate surface area is 144 Å². The predicted octanol–water partition coefficient (Wildman–Crippen LogP) is 4.40. The van der Waals surface area contributed by atoms with Crippen LogP contribution in [-0.2, 0) is 0 Å². The van der Waals surface area contributed by atoms with Crippen molar-refractivity contribution in [3.63, 3.8) is 0 Å². The molecule has 24 heavy (non-hydrogen) atoms. The van der Waals surface area contributed by atoms with Gasteiger partial charge in [-0.2, -0.15) is 0 Å². The highest BCUT2D eigenvalue weighted by molar-refractivity contribution is 5.81. The lowest BCUT2D eigenvalue weighted by Gasteiger charge is -2.19. The van der Waals surface area contributed by atoms with Gasteiger partial charge in [0, 0.05) is 23.2 Å². The van der Waals surface area contributed by atoms with Crippen molar-refractivity contribution in [3.05, 3.63) is 48.0 Å². The summed E-state index contributed by atoms with van der Waals surface area (Å²) in [5.41, 5.74) is 5.36. The van der Waals surface area contributed by atoms with Crippen LogP contribution in [0, 0.1) is 0 Å². The van der Waals surface area contributed by atoms with Crippen LogP contribution in [-0.4, -0.2) is 25.7 Å². The van der Waals surface area contributed by atoms with E-state index in [0.29, 0.717) is 12.0 Å². The molecule has 2 N–H and O–H groups in total. The van der Waals surface area contributed by atoms with Crippen molar-refractivity contribution in [3.8, 4) is 16.9 Å². The van der Waals surface area contributed by atoms with Crippen molar-refractivity contribution in [2.45, 2.75) is 38.1 Å². The van der Waals surface area contributed by atoms with E-state index >= 15 is 0 Å². The predicted molar refractivity (Wildman–Crippen MR) is 99.9 cm³/mol. The molecular formula is C21H26N2O. The zero-order valence-corrected chi connectivity index (χ0v) is 14.3. The third kappa shape index (κ3) is 2.78. The molecule has 3 nitrogen and oxygen atoms in total. The smallest absolute Gasteiger partial charge is 0.127 e. The van der Waals surface area contributed by atoms with E-state index < -0.39 is 0 Å². The van der Waals surface area contributed by atoms with Gasteiger partial charge in [0.05, 0.1) is 6.61 Å². The minimum Gasteiger partial charge on any atom is -0.493 e. The Balaban J connectivity index is 1.78. The van der Waals surface area contributed by atoms with Crippen molar-refractivity contribution in [2.75, 3.05) is 25.0 Å². The Bertz CT molecular complexity index is 713. The topological polar surface area (TPSA) is 33.3 Å². The number of para-hydroxylation sites is 1. The molecule has 2 aliphatic rings. The zero-order valence-electron chi connectivity index (χ0n) is 14.3. The highest BCUT2D eigenvalue weighted by atomic mass is 16.5. The van der Waals surface area contributed by atoms with Gasteiger partial charge in [-0.3, -0.25) is 0 Å². The summed E-state index contributed by atoms with van der Waals surface area (Å²) in [5, 5.41) is 7.31.